The van der Waals surface area contributed by atoms with Crippen molar-refractivity contribution in [1.29, 1.82) is 0 Å². The molecule has 2 N–H and O–H groups in total. The average Bonchev–Trinajstić information content (AvgIpc) is 3.33. The van der Waals surface area contributed by atoms with E-state index >= 15 is 0 Å². The summed E-state index contributed by atoms with van der Waals surface area (Å²) in [7, 11) is 0. The lowest BCUT2D eigenvalue weighted by molar-refractivity contribution is -0.0235. The second-order valence-corrected chi connectivity index (χ2v) is 7.40. The van der Waals surface area contributed by atoms with Gasteiger partial charge in [-0.2, -0.15) is 5.10 Å². The second-order valence-electron chi connectivity index (χ2n) is 6.49. The van der Waals surface area contributed by atoms with E-state index < -0.39 is 11.4 Å². The van der Waals surface area contributed by atoms with Gasteiger partial charge in [0.05, 0.1) is 17.4 Å². The van der Waals surface area contributed by atoms with Crippen LogP contribution in [0.5, 0.6) is 0 Å². The largest absolute Gasteiger partial charge is 0.385 e. The van der Waals surface area contributed by atoms with E-state index in [0.29, 0.717) is 37.1 Å². The Balaban J connectivity index is 1.46. The quantitative estimate of drug-likeness (QED) is 0.741. The molecule has 5 nitrogen and oxygen atoms in total. The Morgan fingerprint density at radius 2 is 2.08 bits per heavy atom. The molecular weight excluding hydrogens is 353 g/mol. The van der Waals surface area contributed by atoms with Gasteiger partial charge in [0.25, 0.3) is 5.91 Å². The zero-order chi connectivity index (χ0) is 18.1. The van der Waals surface area contributed by atoms with Crippen molar-refractivity contribution in [2.24, 2.45) is 0 Å². The van der Waals surface area contributed by atoms with Crippen LogP contribution in [0, 0.1) is 5.82 Å². The summed E-state index contributed by atoms with van der Waals surface area (Å²) in [6.07, 6.45) is 4.14. The molecule has 0 atom stereocenters. The topological polar surface area (TPSA) is 69.2 Å². The van der Waals surface area contributed by atoms with Gasteiger partial charge in [0.2, 0.25) is 0 Å². The minimum atomic E-state index is -1.22. The fourth-order valence-corrected chi connectivity index (χ4v) is 4.22. The van der Waals surface area contributed by atoms with E-state index in [1.807, 2.05) is 11.4 Å². The fourth-order valence-electron chi connectivity index (χ4n) is 3.36. The molecule has 0 bridgehead atoms. The van der Waals surface area contributed by atoms with Crippen LogP contribution in [-0.2, 0) is 5.60 Å². The van der Waals surface area contributed by atoms with E-state index in [1.165, 1.54) is 17.4 Å². The summed E-state index contributed by atoms with van der Waals surface area (Å²) in [5.41, 5.74) is 0.660. The Hall–Kier alpha value is -2.51. The Morgan fingerprint density at radius 3 is 2.77 bits per heavy atom. The van der Waals surface area contributed by atoms with Gasteiger partial charge < -0.3 is 10.0 Å². The predicted molar refractivity (Wildman–Crippen MR) is 97.3 cm³/mol. The highest BCUT2D eigenvalue weighted by atomic mass is 32.1. The number of rotatable bonds is 3. The maximum absolute atomic E-state index is 14.0. The molecule has 7 heteroatoms. The van der Waals surface area contributed by atoms with Gasteiger partial charge in [0.1, 0.15) is 5.82 Å². The Kier molecular flexibility index (Phi) is 4.34. The van der Waals surface area contributed by atoms with Crippen molar-refractivity contribution < 1.29 is 14.3 Å². The third-order valence-corrected chi connectivity index (χ3v) is 5.86. The van der Waals surface area contributed by atoms with Crippen molar-refractivity contribution in [1.82, 2.24) is 15.1 Å². The van der Waals surface area contributed by atoms with Gasteiger partial charge in [0, 0.05) is 40.7 Å². The van der Waals surface area contributed by atoms with Gasteiger partial charge in [-0.25, -0.2) is 4.39 Å². The first-order chi connectivity index (χ1) is 12.6. The predicted octanol–water partition coefficient (Wildman–Crippen LogP) is 3.40. The van der Waals surface area contributed by atoms with Gasteiger partial charge in [-0.1, -0.05) is 18.2 Å². The van der Waals surface area contributed by atoms with E-state index in [2.05, 4.69) is 10.2 Å². The number of halogens is 1. The van der Waals surface area contributed by atoms with Gasteiger partial charge in [-0.15, -0.1) is 11.3 Å². The van der Waals surface area contributed by atoms with Crippen LogP contribution in [0.15, 0.2) is 48.1 Å². The molecule has 1 fully saturated rings. The first-order valence-corrected chi connectivity index (χ1v) is 9.29. The Bertz CT molecular complexity index is 915. The minimum Gasteiger partial charge on any atom is -0.385 e. The van der Waals surface area contributed by atoms with E-state index in [1.54, 1.807) is 35.5 Å². The minimum absolute atomic E-state index is 0.0634. The number of H-pyrrole nitrogens is 1. The first-order valence-electron chi connectivity index (χ1n) is 8.41. The van der Waals surface area contributed by atoms with Crippen molar-refractivity contribution in [2.45, 2.75) is 18.4 Å². The van der Waals surface area contributed by atoms with E-state index in [4.69, 9.17) is 0 Å². The lowest BCUT2D eigenvalue weighted by Crippen LogP contribution is -2.45. The Labute approximate surface area is 154 Å². The van der Waals surface area contributed by atoms with Crippen molar-refractivity contribution >= 4 is 17.2 Å². The number of likely N-dealkylation sites (tertiary alicyclic amines) is 1. The molecule has 0 unspecified atom stereocenters. The number of amides is 1. The number of carbonyl (C=O) groups is 1. The second kappa shape index (κ2) is 6.66. The summed E-state index contributed by atoms with van der Waals surface area (Å²) in [4.78, 5) is 15.4. The molecule has 0 radical (unpaired) electrons. The summed E-state index contributed by atoms with van der Waals surface area (Å²) in [6.45, 7) is 0.779. The van der Waals surface area contributed by atoms with Crippen molar-refractivity contribution in [3.8, 4) is 10.4 Å². The zero-order valence-corrected chi connectivity index (χ0v) is 14.8. The number of carbonyl (C=O) groups excluding carboxylic acids is 1. The number of aromatic nitrogens is 2. The van der Waals surface area contributed by atoms with Crippen LogP contribution in [0.4, 0.5) is 4.39 Å². The summed E-state index contributed by atoms with van der Waals surface area (Å²) >= 11 is 1.49. The number of nitrogens with zero attached hydrogens (tertiary/aromatic N) is 2. The molecule has 0 saturated carbocycles. The third kappa shape index (κ3) is 3.04. The number of hydrogen-bond donors (Lipinski definition) is 2. The highest BCUT2D eigenvalue weighted by molar-refractivity contribution is 7.13. The summed E-state index contributed by atoms with van der Waals surface area (Å²) in [5, 5.41) is 19.4. The van der Waals surface area contributed by atoms with Crippen LogP contribution in [0.25, 0.3) is 10.4 Å². The van der Waals surface area contributed by atoms with Crippen molar-refractivity contribution in [2.75, 3.05) is 13.1 Å². The number of piperidine rings is 1. The number of hydrogen-bond acceptors (Lipinski definition) is 4. The molecule has 0 spiro atoms. The molecule has 1 aromatic carbocycles. The van der Waals surface area contributed by atoms with Crippen LogP contribution in [-0.4, -0.2) is 39.2 Å². The first kappa shape index (κ1) is 16.9. The molecule has 0 aliphatic carbocycles. The van der Waals surface area contributed by atoms with Crippen LogP contribution >= 0.6 is 11.3 Å². The van der Waals surface area contributed by atoms with Crippen LogP contribution in [0.3, 0.4) is 0 Å². The molecule has 1 aliphatic heterocycles. The molecule has 4 rings (SSSR count). The van der Waals surface area contributed by atoms with Gasteiger partial charge in [-0.05, 0) is 25.0 Å². The van der Waals surface area contributed by atoms with Crippen molar-refractivity contribution in [3.05, 3.63) is 65.0 Å². The molecule has 26 heavy (non-hydrogen) atoms. The normalized spacial score (nSPS) is 16.6. The maximum Gasteiger partial charge on any atom is 0.254 e. The summed E-state index contributed by atoms with van der Waals surface area (Å²) < 4.78 is 14.0. The molecule has 1 aliphatic rings. The lowest BCUT2D eigenvalue weighted by Gasteiger charge is -2.38. The number of thiophene rings is 1. The van der Waals surface area contributed by atoms with Gasteiger partial charge in [-0.3, -0.25) is 9.89 Å². The Morgan fingerprint density at radius 1 is 1.31 bits per heavy atom. The molecule has 3 aromatic rings. The molecule has 1 amide bonds. The SMILES string of the molecule is O=C(c1csc(-c2cn[nH]c2)c1)N1CCC(O)(c2ccccc2F)CC1. The molecule has 2 aromatic heterocycles. The van der Waals surface area contributed by atoms with Crippen LogP contribution in [0.1, 0.15) is 28.8 Å². The lowest BCUT2D eigenvalue weighted by atomic mass is 9.84. The number of nitrogens with one attached hydrogen (secondary N) is 1. The number of aliphatic hydroxyl groups is 1. The molecule has 1 saturated heterocycles. The summed E-state index contributed by atoms with van der Waals surface area (Å²) in [6, 6.07) is 8.15. The zero-order valence-electron chi connectivity index (χ0n) is 14.0. The van der Waals surface area contributed by atoms with E-state index in [9.17, 15) is 14.3 Å². The maximum atomic E-state index is 14.0. The standard InChI is InChI=1S/C19H18FN3O2S/c20-16-4-2-1-3-15(16)19(25)5-7-23(8-6-19)18(24)13-9-17(26-12-13)14-10-21-22-11-14/h1-4,9-12,25H,5-8H2,(H,21,22). The number of benzene rings is 1. The smallest absolute Gasteiger partial charge is 0.254 e. The van der Waals surface area contributed by atoms with Crippen LogP contribution < -0.4 is 0 Å². The molecular formula is C19H18FN3O2S. The highest BCUT2D eigenvalue weighted by Gasteiger charge is 2.37. The average molecular weight is 371 g/mol. The van der Waals surface area contributed by atoms with E-state index in [0.717, 1.165) is 10.4 Å². The van der Waals surface area contributed by atoms with Gasteiger partial charge in [0.15, 0.2) is 0 Å². The molecule has 134 valence electrons. The summed E-state index contributed by atoms with van der Waals surface area (Å²) in [5.74, 6) is -0.469. The van der Waals surface area contributed by atoms with Crippen LogP contribution in [0.2, 0.25) is 0 Å². The highest BCUT2D eigenvalue weighted by Crippen LogP contribution is 2.35. The third-order valence-electron chi connectivity index (χ3n) is 4.88. The monoisotopic (exact) mass is 371 g/mol. The van der Waals surface area contributed by atoms with E-state index in [-0.39, 0.29) is 5.91 Å². The molecule has 3 heterocycles. The number of aromatic amines is 1. The van der Waals surface area contributed by atoms with Crippen molar-refractivity contribution in [3.63, 3.8) is 0 Å². The fraction of sp³-hybridized carbons (Fsp3) is 0.263. The van der Waals surface area contributed by atoms with Gasteiger partial charge >= 0.3 is 0 Å².